The van der Waals surface area contributed by atoms with Crippen molar-refractivity contribution in [2.75, 3.05) is 46.5 Å². The van der Waals surface area contributed by atoms with E-state index in [2.05, 4.69) is 9.88 Å². The minimum atomic E-state index is -0.723. The van der Waals surface area contributed by atoms with Gasteiger partial charge in [-0.15, -0.1) is 0 Å². The number of ether oxygens (including phenoxy) is 2. The zero-order chi connectivity index (χ0) is 21.8. The Hall–Kier alpha value is -3.23. The van der Waals surface area contributed by atoms with Crippen LogP contribution < -0.4 is 4.74 Å². The summed E-state index contributed by atoms with van der Waals surface area (Å²) in [6.07, 6.45) is 3.25. The normalized spacial score (nSPS) is 21.5. The van der Waals surface area contributed by atoms with Crippen molar-refractivity contribution >= 4 is 17.4 Å². The molecule has 2 aliphatic rings. The Bertz CT molecular complexity index is 986. The predicted molar refractivity (Wildman–Crippen MR) is 113 cm³/mol. The molecule has 2 aliphatic heterocycles. The van der Waals surface area contributed by atoms with Crippen LogP contribution in [0.3, 0.4) is 0 Å². The van der Waals surface area contributed by atoms with Gasteiger partial charge in [-0.3, -0.25) is 19.5 Å². The Kier molecular flexibility index (Phi) is 6.29. The van der Waals surface area contributed by atoms with Crippen molar-refractivity contribution in [1.82, 2.24) is 14.8 Å². The molecule has 0 radical (unpaired) electrons. The van der Waals surface area contributed by atoms with E-state index in [0.29, 0.717) is 43.2 Å². The molecule has 2 saturated heterocycles. The van der Waals surface area contributed by atoms with Gasteiger partial charge in [0.05, 0.1) is 37.5 Å². The maximum Gasteiger partial charge on any atom is 0.295 e. The summed E-state index contributed by atoms with van der Waals surface area (Å²) in [6, 6.07) is 9.71. The van der Waals surface area contributed by atoms with Gasteiger partial charge in [0, 0.05) is 38.6 Å². The van der Waals surface area contributed by atoms with Gasteiger partial charge in [-0.05, 0) is 23.8 Å². The summed E-state index contributed by atoms with van der Waals surface area (Å²) in [6.45, 7) is 3.83. The maximum absolute atomic E-state index is 13.1. The SMILES string of the molecule is COc1ccccc1/C(O)=C1\C(=O)C(=O)N(CCN2CCOCC2)C1c1cccnc1. The fourth-order valence-corrected chi connectivity index (χ4v) is 4.05. The van der Waals surface area contributed by atoms with E-state index in [9.17, 15) is 14.7 Å². The summed E-state index contributed by atoms with van der Waals surface area (Å²) in [4.78, 5) is 33.9. The molecule has 1 unspecified atom stereocenters. The monoisotopic (exact) mass is 423 g/mol. The third kappa shape index (κ3) is 4.17. The number of nitrogens with zero attached hydrogens (tertiary/aromatic N) is 3. The van der Waals surface area contributed by atoms with Gasteiger partial charge in [-0.2, -0.15) is 0 Å². The van der Waals surface area contributed by atoms with Gasteiger partial charge in [-0.25, -0.2) is 0 Å². The highest BCUT2D eigenvalue weighted by atomic mass is 16.5. The van der Waals surface area contributed by atoms with Crippen molar-refractivity contribution in [2.45, 2.75) is 6.04 Å². The molecule has 1 aromatic heterocycles. The second-order valence-corrected chi connectivity index (χ2v) is 7.43. The van der Waals surface area contributed by atoms with Gasteiger partial charge in [0.2, 0.25) is 0 Å². The molecule has 8 nitrogen and oxygen atoms in total. The summed E-state index contributed by atoms with van der Waals surface area (Å²) in [7, 11) is 1.49. The number of methoxy groups -OCH3 is 1. The van der Waals surface area contributed by atoms with Crippen molar-refractivity contribution in [1.29, 1.82) is 0 Å². The molecule has 162 valence electrons. The van der Waals surface area contributed by atoms with Crippen molar-refractivity contribution in [3.63, 3.8) is 0 Å². The van der Waals surface area contributed by atoms with Gasteiger partial charge in [0.25, 0.3) is 11.7 Å². The number of Topliss-reactive ketones (excluding diaryl/α,β-unsaturated/α-hetero) is 1. The van der Waals surface area contributed by atoms with E-state index in [4.69, 9.17) is 9.47 Å². The molecule has 3 heterocycles. The standard InChI is InChI=1S/C23H25N3O5/c1-30-18-7-3-2-6-17(18)21(27)19-20(16-5-4-8-24-15-16)26(23(29)22(19)28)10-9-25-11-13-31-14-12-25/h2-8,15,20,27H,9-14H2,1H3/b21-19+. The summed E-state index contributed by atoms with van der Waals surface area (Å²) >= 11 is 0. The van der Waals surface area contributed by atoms with Gasteiger partial charge in [0.15, 0.2) is 0 Å². The second-order valence-electron chi connectivity index (χ2n) is 7.43. The first-order valence-electron chi connectivity index (χ1n) is 10.2. The van der Waals surface area contributed by atoms with Crippen LogP contribution in [0.5, 0.6) is 5.75 Å². The molecule has 1 atom stereocenters. The maximum atomic E-state index is 13.1. The fourth-order valence-electron chi connectivity index (χ4n) is 4.05. The summed E-state index contributed by atoms with van der Waals surface area (Å²) in [5.41, 5.74) is 1.08. The molecule has 0 aliphatic carbocycles. The first-order valence-corrected chi connectivity index (χ1v) is 10.2. The van der Waals surface area contributed by atoms with E-state index in [1.807, 2.05) is 0 Å². The first kappa shape index (κ1) is 21.0. The van der Waals surface area contributed by atoms with Gasteiger partial charge in [0.1, 0.15) is 11.5 Å². The topological polar surface area (TPSA) is 92.2 Å². The Morgan fingerprint density at radius 2 is 1.94 bits per heavy atom. The molecule has 2 aromatic rings. The molecule has 2 fully saturated rings. The first-order chi connectivity index (χ1) is 15.1. The number of amides is 1. The van der Waals surface area contributed by atoms with Crippen LogP contribution in [0.15, 0.2) is 54.4 Å². The minimum Gasteiger partial charge on any atom is -0.507 e. The minimum absolute atomic E-state index is 0.0458. The zero-order valence-corrected chi connectivity index (χ0v) is 17.4. The third-order valence-corrected chi connectivity index (χ3v) is 5.66. The number of hydrogen-bond acceptors (Lipinski definition) is 7. The predicted octanol–water partition coefficient (Wildman–Crippen LogP) is 1.84. The molecule has 0 bridgehead atoms. The van der Waals surface area contributed by atoms with E-state index < -0.39 is 17.7 Å². The highest BCUT2D eigenvalue weighted by Gasteiger charge is 2.46. The van der Waals surface area contributed by atoms with Gasteiger partial charge >= 0.3 is 0 Å². The Labute approximate surface area is 180 Å². The highest BCUT2D eigenvalue weighted by molar-refractivity contribution is 6.46. The van der Waals surface area contributed by atoms with Crippen LogP contribution in [0.2, 0.25) is 0 Å². The number of likely N-dealkylation sites (tertiary alicyclic amines) is 1. The van der Waals surface area contributed by atoms with Crippen LogP contribution in [0.25, 0.3) is 5.76 Å². The van der Waals surface area contributed by atoms with E-state index in [1.165, 1.54) is 12.0 Å². The summed E-state index contributed by atoms with van der Waals surface area (Å²) in [5.74, 6) is -1.17. The highest BCUT2D eigenvalue weighted by Crippen LogP contribution is 2.40. The Balaban J connectivity index is 1.74. The molecule has 0 saturated carbocycles. The number of benzene rings is 1. The number of hydrogen-bond donors (Lipinski definition) is 1. The molecule has 0 spiro atoms. The summed E-state index contributed by atoms with van der Waals surface area (Å²) < 4.78 is 10.7. The third-order valence-electron chi connectivity index (χ3n) is 5.66. The van der Waals surface area contributed by atoms with E-state index in [-0.39, 0.29) is 11.3 Å². The van der Waals surface area contributed by atoms with Crippen LogP contribution in [-0.4, -0.2) is 78.1 Å². The molecular formula is C23H25N3O5. The van der Waals surface area contributed by atoms with Crippen molar-refractivity contribution < 1.29 is 24.2 Å². The zero-order valence-electron chi connectivity index (χ0n) is 17.4. The molecule has 1 amide bonds. The van der Waals surface area contributed by atoms with E-state index in [0.717, 1.165) is 13.1 Å². The molecular weight excluding hydrogens is 398 g/mol. The number of aliphatic hydroxyl groups excluding tert-OH is 1. The van der Waals surface area contributed by atoms with Crippen LogP contribution in [-0.2, 0) is 14.3 Å². The van der Waals surface area contributed by atoms with Crippen LogP contribution >= 0.6 is 0 Å². The molecule has 1 N–H and O–H groups in total. The number of morpholine rings is 1. The van der Waals surface area contributed by atoms with Crippen molar-refractivity contribution in [3.05, 3.63) is 65.5 Å². The summed E-state index contributed by atoms with van der Waals surface area (Å²) in [5, 5.41) is 11.1. The number of aromatic nitrogens is 1. The fraction of sp³-hybridized carbons (Fsp3) is 0.348. The smallest absolute Gasteiger partial charge is 0.295 e. The van der Waals surface area contributed by atoms with Crippen LogP contribution in [0.1, 0.15) is 17.2 Å². The van der Waals surface area contributed by atoms with E-state index in [1.54, 1.807) is 48.8 Å². The lowest BCUT2D eigenvalue weighted by Crippen LogP contribution is -2.42. The average molecular weight is 423 g/mol. The lowest BCUT2D eigenvalue weighted by Gasteiger charge is -2.30. The van der Waals surface area contributed by atoms with Crippen molar-refractivity contribution in [3.8, 4) is 5.75 Å². The lowest BCUT2D eigenvalue weighted by atomic mass is 9.96. The van der Waals surface area contributed by atoms with Gasteiger partial charge in [-0.1, -0.05) is 18.2 Å². The molecule has 4 rings (SSSR count). The lowest BCUT2D eigenvalue weighted by molar-refractivity contribution is -0.140. The van der Waals surface area contributed by atoms with Gasteiger partial charge < -0.3 is 19.5 Å². The quantitative estimate of drug-likeness (QED) is 0.431. The number of carbonyl (C=O) groups is 2. The number of carbonyl (C=O) groups excluding carboxylic acids is 2. The van der Waals surface area contributed by atoms with Crippen molar-refractivity contribution in [2.24, 2.45) is 0 Å². The number of pyridine rings is 1. The van der Waals surface area contributed by atoms with Crippen LogP contribution in [0, 0.1) is 0 Å². The largest absolute Gasteiger partial charge is 0.507 e. The van der Waals surface area contributed by atoms with E-state index >= 15 is 0 Å². The van der Waals surface area contributed by atoms with Crippen LogP contribution in [0.4, 0.5) is 0 Å². The molecule has 31 heavy (non-hydrogen) atoms. The number of ketones is 1. The Morgan fingerprint density at radius 3 is 2.65 bits per heavy atom. The molecule has 1 aromatic carbocycles. The Morgan fingerprint density at radius 1 is 1.16 bits per heavy atom. The second kappa shape index (κ2) is 9.28. The number of para-hydroxylation sites is 1. The molecule has 8 heteroatoms. The number of rotatable bonds is 6. The average Bonchev–Trinajstić information content (AvgIpc) is 3.08. The number of aliphatic hydroxyl groups is 1.